The van der Waals surface area contributed by atoms with Gasteiger partial charge in [-0.3, -0.25) is 4.79 Å². The first kappa shape index (κ1) is 16.2. The minimum absolute atomic E-state index is 0.0505. The van der Waals surface area contributed by atoms with Gasteiger partial charge < -0.3 is 5.32 Å². The van der Waals surface area contributed by atoms with E-state index in [0.717, 1.165) is 12.0 Å². The summed E-state index contributed by atoms with van der Waals surface area (Å²) < 4.78 is 12.9. The average Bonchev–Trinajstić information content (AvgIpc) is 2.52. The molecule has 0 aliphatic rings. The number of aryl methyl sites for hydroxylation is 2. The second kappa shape index (κ2) is 7.74. The summed E-state index contributed by atoms with van der Waals surface area (Å²) in [4.78, 5) is 11.9. The Morgan fingerprint density at radius 2 is 1.73 bits per heavy atom. The molecule has 0 bridgehead atoms. The van der Waals surface area contributed by atoms with E-state index in [2.05, 4.69) is 29.6 Å². The summed E-state index contributed by atoms with van der Waals surface area (Å²) in [6.45, 7) is 4.64. The van der Waals surface area contributed by atoms with Crippen LogP contribution in [-0.4, -0.2) is 12.5 Å². The van der Waals surface area contributed by atoms with Gasteiger partial charge in [0.05, 0.1) is 0 Å². The molecule has 2 rings (SSSR count). The number of carbonyl (C=O) groups is 1. The van der Waals surface area contributed by atoms with Crippen molar-refractivity contribution >= 4 is 5.91 Å². The predicted molar refractivity (Wildman–Crippen MR) is 87.3 cm³/mol. The largest absolute Gasteiger partial charge is 0.355 e. The molecule has 0 fully saturated rings. The van der Waals surface area contributed by atoms with Crippen molar-refractivity contribution in [2.24, 2.45) is 0 Å². The summed E-state index contributed by atoms with van der Waals surface area (Å²) in [7, 11) is 0. The van der Waals surface area contributed by atoms with Crippen molar-refractivity contribution in [2.75, 3.05) is 6.54 Å². The van der Waals surface area contributed by atoms with Gasteiger partial charge in [-0.15, -0.1) is 0 Å². The van der Waals surface area contributed by atoms with E-state index in [1.807, 2.05) is 13.8 Å². The number of carbonyl (C=O) groups excluding carboxylic acids is 1. The van der Waals surface area contributed by atoms with Gasteiger partial charge in [-0.25, -0.2) is 4.39 Å². The number of amides is 1. The van der Waals surface area contributed by atoms with Crippen LogP contribution in [0.2, 0.25) is 0 Å². The molecular formula is C19H22FNO. The standard InChI is InChI=1S/C19H22FNO/c1-14-3-5-16(6-4-14)7-12-19(22)21-13-15(2)17-8-10-18(20)11-9-17/h3-6,8-11,15H,7,12-13H2,1-2H3,(H,21,22). The minimum Gasteiger partial charge on any atom is -0.355 e. The second-order valence-corrected chi connectivity index (χ2v) is 5.74. The van der Waals surface area contributed by atoms with Gasteiger partial charge in [-0.1, -0.05) is 48.9 Å². The van der Waals surface area contributed by atoms with Gasteiger partial charge in [0.2, 0.25) is 5.91 Å². The molecule has 2 nitrogen and oxygen atoms in total. The first-order valence-corrected chi connectivity index (χ1v) is 7.62. The van der Waals surface area contributed by atoms with Crippen LogP contribution < -0.4 is 5.32 Å². The normalized spacial score (nSPS) is 12.0. The van der Waals surface area contributed by atoms with Crippen LogP contribution in [0.4, 0.5) is 4.39 Å². The third-order valence-corrected chi connectivity index (χ3v) is 3.81. The minimum atomic E-state index is -0.238. The van der Waals surface area contributed by atoms with Crippen molar-refractivity contribution in [3.63, 3.8) is 0 Å². The Morgan fingerprint density at radius 1 is 1.09 bits per heavy atom. The highest BCUT2D eigenvalue weighted by atomic mass is 19.1. The predicted octanol–water partition coefficient (Wildman–Crippen LogP) is 3.99. The molecule has 2 aromatic rings. The molecule has 22 heavy (non-hydrogen) atoms. The first-order chi connectivity index (χ1) is 10.5. The lowest BCUT2D eigenvalue weighted by Crippen LogP contribution is -2.27. The third kappa shape index (κ3) is 4.99. The quantitative estimate of drug-likeness (QED) is 0.858. The van der Waals surface area contributed by atoms with E-state index in [1.165, 1.54) is 23.3 Å². The van der Waals surface area contributed by atoms with Gasteiger partial charge in [0.1, 0.15) is 5.82 Å². The van der Waals surface area contributed by atoms with Crippen molar-refractivity contribution in [2.45, 2.75) is 32.6 Å². The van der Waals surface area contributed by atoms with Gasteiger partial charge >= 0.3 is 0 Å². The molecule has 0 radical (unpaired) electrons. The Balaban J connectivity index is 1.75. The van der Waals surface area contributed by atoms with E-state index >= 15 is 0 Å². The topological polar surface area (TPSA) is 29.1 Å². The number of hydrogen-bond acceptors (Lipinski definition) is 1. The van der Waals surface area contributed by atoms with Crippen LogP contribution in [0.25, 0.3) is 0 Å². The summed E-state index contributed by atoms with van der Waals surface area (Å²) in [6, 6.07) is 14.7. The van der Waals surface area contributed by atoms with Gasteiger partial charge in [0.15, 0.2) is 0 Å². The zero-order valence-electron chi connectivity index (χ0n) is 13.1. The fourth-order valence-electron chi connectivity index (χ4n) is 2.28. The molecule has 1 N–H and O–H groups in total. The molecule has 0 heterocycles. The Bertz CT molecular complexity index is 604. The van der Waals surface area contributed by atoms with Crippen molar-refractivity contribution in [1.82, 2.24) is 5.32 Å². The highest BCUT2D eigenvalue weighted by molar-refractivity contribution is 5.76. The van der Waals surface area contributed by atoms with E-state index in [1.54, 1.807) is 12.1 Å². The maximum atomic E-state index is 12.9. The van der Waals surface area contributed by atoms with Gasteiger partial charge in [-0.2, -0.15) is 0 Å². The smallest absolute Gasteiger partial charge is 0.220 e. The van der Waals surface area contributed by atoms with Crippen molar-refractivity contribution in [3.8, 4) is 0 Å². The maximum Gasteiger partial charge on any atom is 0.220 e. The van der Waals surface area contributed by atoms with Crippen molar-refractivity contribution in [1.29, 1.82) is 0 Å². The zero-order valence-corrected chi connectivity index (χ0v) is 13.1. The molecule has 0 aliphatic heterocycles. The van der Waals surface area contributed by atoms with Crippen molar-refractivity contribution < 1.29 is 9.18 Å². The number of nitrogens with one attached hydrogen (secondary N) is 1. The fraction of sp³-hybridized carbons (Fsp3) is 0.316. The Morgan fingerprint density at radius 3 is 2.36 bits per heavy atom. The fourth-order valence-corrected chi connectivity index (χ4v) is 2.28. The van der Waals surface area contributed by atoms with Crippen LogP contribution >= 0.6 is 0 Å². The lowest BCUT2D eigenvalue weighted by molar-refractivity contribution is -0.121. The third-order valence-electron chi connectivity index (χ3n) is 3.81. The molecule has 0 aromatic heterocycles. The maximum absolute atomic E-state index is 12.9. The van der Waals surface area contributed by atoms with Crippen LogP contribution in [-0.2, 0) is 11.2 Å². The van der Waals surface area contributed by atoms with Crippen LogP contribution in [0.15, 0.2) is 48.5 Å². The number of hydrogen-bond donors (Lipinski definition) is 1. The number of rotatable bonds is 6. The first-order valence-electron chi connectivity index (χ1n) is 7.62. The summed E-state index contributed by atoms with van der Waals surface area (Å²) in [5.74, 6) is -0.0171. The van der Waals surface area contributed by atoms with E-state index in [4.69, 9.17) is 0 Å². The van der Waals surface area contributed by atoms with Crippen molar-refractivity contribution in [3.05, 3.63) is 71.0 Å². The van der Waals surface area contributed by atoms with E-state index < -0.39 is 0 Å². The highest BCUT2D eigenvalue weighted by Crippen LogP contribution is 2.14. The summed E-state index contributed by atoms with van der Waals surface area (Å²) in [5.41, 5.74) is 3.42. The zero-order chi connectivity index (χ0) is 15.9. The average molecular weight is 299 g/mol. The molecular weight excluding hydrogens is 277 g/mol. The van der Waals surface area contributed by atoms with Crippen LogP contribution in [0.3, 0.4) is 0 Å². The van der Waals surface area contributed by atoms with Gasteiger partial charge in [0, 0.05) is 13.0 Å². The molecule has 0 aliphatic carbocycles. The van der Waals surface area contributed by atoms with Gasteiger partial charge in [0.25, 0.3) is 0 Å². The molecule has 1 unspecified atom stereocenters. The number of halogens is 1. The molecule has 1 atom stereocenters. The lowest BCUT2D eigenvalue weighted by Gasteiger charge is -2.13. The summed E-state index contributed by atoms with van der Waals surface area (Å²) >= 11 is 0. The highest BCUT2D eigenvalue weighted by Gasteiger charge is 2.08. The van der Waals surface area contributed by atoms with Crippen LogP contribution in [0.1, 0.15) is 36.0 Å². The molecule has 2 aromatic carbocycles. The molecule has 1 amide bonds. The van der Waals surface area contributed by atoms with E-state index in [9.17, 15) is 9.18 Å². The van der Waals surface area contributed by atoms with Crippen LogP contribution in [0, 0.1) is 12.7 Å². The Kier molecular flexibility index (Phi) is 5.70. The monoisotopic (exact) mass is 299 g/mol. The van der Waals surface area contributed by atoms with Gasteiger partial charge in [-0.05, 0) is 42.5 Å². The van der Waals surface area contributed by atoms with Crippen LogP contribution in [0.5, 0.6) is 0 Å². The molecule has 0 spiro atoms. The number of benzene rings is 2. The van der Waals surface area contributed by atoms with E-state index in [-0.39, 0.29) is 17.6 Å². The lowest BCUT2D eigenvalue weighted by atomic mass is 10.0. The molecule has 3 heteroatoms. The summed E-state index contributed by atoms with van der Waals surface area (Å²) in [6.07, 6.45) is 1.23. The second-order valence-electron chi connectivity index (χ2n) is 5.74. The Hall–Kier alpha value is -2.16. The molecule has 116 valence electrons. The SMILES string of the molecule is Cc1ccc(CCC(=O)NCC(C)c2ccc(F)cc2)cc1. The molecule has 0 saturated carbocycles. The summed E-state index contributed by atoms with van der Waals surface area (Å²) in [5, 5.41) is 2.94. The van der Waals surface area contributed by atoms with E-state index in [0.29, 0.717) is 13.0 Å². The Labute approximate surface area is 131 Å². The molecule has 0 saturated heterocycles.